The molecule has 2 atom stereocenters. The van der Waals surface area contributed by atoms with Crippen molar-refractivity contribution in [3.05, 3.63) is 35.4 Å². The minimum absolute atomic E-state index is 0.703. The van der Waals surface area contributed by atoms with Crippen LogP contribution in [0.5, 0.6) is 0 Å². The Morgan fingerprint density at radius 1 is 1.10 bits per heavy atom. The summed E-state index contributed by atoms with van der Waals surface area (Å²) in [5, 5.41) is 3.68. The molecule has 2 aliphatic rings. The van der Waals surface area contributed by atoms with Gasteiger partial charge in [-0.3, -0.25) is 0 Å². The maximum Gasteiger partial charge on any atom is 0.0107 e. The highest BCUT2D eigenvalue weighted by atomic mass is 15.1. The van der Waals surface area contributed by atoms with E-state index >= 15 is 0 Å². The molecule has 2 saturated heterocycles. The summed E-state index contributed by atoms with van der Waals surface area (Å²) in [6.07, 6.45) is 9.32. The van der Waals surface area contributed by atoms with Gasteiger partial charge in [-0.2, -0.15) is 0 Å². The minimum Gasteiger partial charge on any atom is -0.314 e. The van der Waals surface area contributed by atoms with Gasteiger partial charge in [-0.25, -0.2) is 0 Å². The van der Waals surface area contributed by atoms with Gasteiger partial charge < -0.3 is 10.2 Å². The first-order chi connectivity index (χ1) is 10.3. The van der Waals surface area contributed by atoms with Gasteiger partial charge in [0.1, 0.15) is 0 Å². The van der Waals surface area contributed by atoms with E-state index in [1.807, 2.05) is 0 Å². The van der Waals surface area contributed by atoms with Crippen molar-refractivity contribution in [1.29, 1.82) is 0 Å². The number of hydrogen-bond acceptors (Lipinski definition) is 2. The van der Waals surface area contributed by atoms with E-state index in [4.69, 9.17) is 0 Å². The fourth-order valence-corrected chi connectivity index (χ4v) is 3.93. The van der Waals surface area contributed by atoms with E-state index in [-0.39, 0.29) is 0 Å². The molecular formula is C19H30N2. The first-order valence-electron chi connectivity index (χ1n) is 8.82. The molecule has 2 unspecified atom stereocenters. The topological polar surface area (TPSA) is 15.3 Å². The zero-order valence-corrected chi connectivity index (χ0v) is 13.5. The molecule has 21 heavy (non-hydrogen) atoms. The van der Waals surface area contributed by atoms with Crippen LogP contribution in [0.4, 0.5) is 0 Å². The van der Waals surface area contributed by atoms with Crippen LogP contribution in [0.3, 0.4) is 0 Å². The lowest BCUT2D eigenvalue weighted by Crippen LogP contribution is -2.35. The van der Waals surface area contributed by atoms with E-state index < -0.39 is 0 Å². The largest absolute Gasteiger partial charge is 0.314 e. The van der Waals surface area contributed by atoms with Crippen LogP contribution in [-0.4, -0.2) is 37.6 Å². The first-order valence-corrected chi connectivity index (χ1v) is 8.82. The molecule has 0 aliphatic carbocycles. The first kappa shape index (κ1) is 15.1. The van der Waals surface area contributed by atoms with E-state index in [0.717, 1.165) is 5.92 Å². The molecule has 3 rings (SSSR count). The summed E-state index contributed by atoms with van der Waals surface area (Å²) < 4.78 is 0. The summed E-state index contributed by atoms with van der Waals surface area (Å²) in [5.74, 6) is 0.772. The van der Waals surface area contributed by atoms with E-state index in [2.05, 4.69) is 41.5 Å². The maximum absolute atomic E-state index is 3.68. The van der Waals surface area contributed by atoms with Gasteiger partial charge >= 0.3 is 0 Å². The minimum atomic E-state index is 0.703. The average Bonchev–Trinajstić information content (AvgIpc) is 2.73. The van der Waals surface area contributed by atoms with Crippen molar-refractivity contribution in [2.75, 3.05) is 26.7 Å². The van der Waals surface area contributed by atoms with Crippen molar-refractivity contribution in [2.45, 2.75) is 56.9 Å². The van der Waals surface area contributed by atoms with Gasteiger partial charge in [0, 0.05) is 6.04 Å². The van der Waals surface area contributed by atoms with Gasteiger partial charge in [0.2, 0.25) is 0 Å². The SMILES string of the molecule is CN1CCCC(c2cccc(CC3CCCCN3)c2)CC1. The monoisotopic (exact) mass is 286 g/mol. The molecule has 2 heteroatoms. The smallest absolute Gasteiger partial charge is 0.0107 e. The lowest BCUT2D eigenvalue weighted by atomic mass is 9.89. The fraction of sp³-hybridized carbons (Fsp3) is 0.684. The van der Waals surface area contributed by atoms with Crippen LogP contribution < -0.4 is 5.32 Å². The predicted octanol–water partition coefficient (Wildman–Crippen LogP) is 3.57. The number of rotatable bonds is 3. The lowest BCUT2D eigenvalue weighted by Gasteiger charge is -2.24. The van der Waals surface area contributed by atoms with Gasteiger partial charge in [0.25, 0.3) is 0 Å². The summed E-state index contributed by atoms with van der Waals surface area (Å²) in [6, 6.07) is 10.2. The third kappa shape index (κ3) is 4.31. The molecular weight excluding hydrogens is 256 g/mol. The second-order valence-electron chi connectivity index (χ2n) is 7.03. The van der Waals surface area contributed by atoms with E-state index in [1.54, 1.807) is 5.56 Å². The molecule has 1 aromatic carbocycles. The van der Waals surface area contributed by atoms with E-state index in [9.17, 15) is 0 Å². The summed E-state index contributed by atoms with van der Waals surface area (Å²) in [7, 11) is 2.26. The van der Waals surface area contributed by atoms with Crippen molar-refractivity contribution >= 4 is 0 Å². The highest BCUT2D eigenvalue weighted by Crippen LogP contribution is 2.28. The predicted molar refractivity (Wildman–Crippen MR) is 89.9 cm³/mol. The number of nitrogens with one attached hydrogen (secondary N) is 1. The molecule has 116 valence electrons. The third-order valence-electron chi connectivity index (χ3n) is 5.27. The molecule has 2 nitrogen and oxygen atoms in total. The molecule has 0 saturated carbocycles. The van der Waals surface area contributed by atoms with E-state index in [1.165, 1.54) is 70.1 Å². The van der Waals surface area contributed by atoms with Crippen molar-refractivity contribution in [2.24, 2.45) is 0 Å². The van der Waals surface area contributed by atoms with Gasteiger partial charge in [-0.05, 0) is 82.3 Å². The Morgan fingerprint density at radius 3 is 2.90 bits per heavy atom. The van der Waals surface area contributed by atoms with Crippen molar-refractivity contribution in [1.82, 2.24) is 10.2 Å². The Kier molecular flexibility index (Phi) is 5.32. The third-order valence-corrected chi connectivity index (χ3v) is 5.27. The van der Waals surface area contributed by atoms with E-state index in [0.29, 0.717) is 6.04 Å². The van der Waals surface area contributed by atoms with Crippen molar-refractivity contribution in [3.8, 4) is 0 Å². The van der Waals surface area contributed by atoms with Gasteiger partial charge in [-0.1, -0.05) is 30.7 Å². The van der Waals surface area contributed by atoms with Crippen molar-refractivity contribution < 1.29 is 0 Å². The Morgan fingerprint density at radius 2 is 2.05 bits per heavy atom. The molecule has 1 N–H and O–H groups in total. The fourth-order valence-electron chi connectivity index (χ4n) is 3.93. The lowest BCUT2D eigenvalue weighted by molar-refractivity contribution is 0.347. The van der Waals surface area contributed by atoms with Crippen LogP contribution in [0.2, 0.25) is 0 Å². The Hall–Kier alpha value is -0.860. The number of piperidine rings is 1. The Labute approximate surface area is 129 Å². The zero-order valence-electron chi connectivity index (χ0n) is 13.5. The second-order valence-corrected chi connectivity index (χ2v) is 7.03. The summed E-state index contributed by atoms with van der Waals surface area (Å²) in [6.45, 7) is 3.72. The molecule has 0 radical (unpaired) electrons. The number of hydrogen-bond donors (Lipinski definition) is 1. The summed E-state index contributed by atoms with van der Waals surface area (Å²) >= 11 is 0. The highest BCUT2D eigenvalue weighted by molar-refractivity contribution is 5.27. The van der Waals surface area contributed by atoms with Crippen LogP contribution in [-0.2, 0) is 6.42 Å². The molecule has 2 aliphatic heterocycles. The average molecular weight is 286 g/mol. The number of likely N-dealkylation sites (tertiary alicyclic amines) is 1. The number of benzene rings is 1. The van der Waals surface area contributed by atoms with Crippen LogP contribution in [0.15, 0.2) is 24.3 Å². The quantitative estimate of drug-likeness (QED) is 0.914. The zero-order chi connectivity index (χ0) is 14.5. The van der Waals surface area contributed by atoms with Crippen LogP contribution in [0.1, 0.15) is 55.6 Å². The van der Waals surface area contributed by atoms with Gasteiger partial charge in [0.15, 0.2) is 0 Å². The van der Waals surface area contributed by atoms with Gasteiger partial charge in [0.05, 0.1) is 0 Å². The summed E-state index contributed by atoms with van der Waals surface area (Å²) in [4.78, 5) is 2.48. The Balaban J connectivity index is 1.64. The molecule has 0 aromatic heterocycles. The Bertz CT molecular complexity index is 437. The van der Waals surface area contributed by atoms with Crippen LogP contribution in [0, 0.1) is 0 Å². The standard InChI is InChI=1S/C19H30N2/c1-21-12-5-8-17(10-13-21)18-7-4-6-16(14-18)15-19-9-2-3-11-20-19/h4,6-7,14,17,19-20H,2-3,5,8-13,15H2,1H3. The van der Waals surface area contributed by atoms with Crippen molar-refractivity contribution in [3.63, 3.8) is 0 Å². The highest BCUT2D eigenvalue weighted by Gasteiger charge is 2.18. The molecule has 2 fully saturated rings. The second kappa shape index (κ2) is 7.42. The molecule has 1 aromatic rings. The molecule has 2 heterocycles. The molecule has 0 spiro atoms. The van der Waals surface area contributed by atoms with Crippen LogP contribution >= 0.6 is 0 Å². The van der Waals surface area contributed by atoms with Gasteiger partial charge in [-0.15, -0.1) is 0 Å². The normalized spacial score (nSPS) is 28.2. The molecule has 0 bridgehead atoms. The number of nitrogens with zero attached hydrogens (tertiary/aromatic N) is 1. The van der Waals surface area contributed by atoms with Crippen LogP contribution in [0.25, 0.3) is 0 Å². The summed E-state index contributed by atoms with van der Waals surface area (Å²) in [5.41, 5.74) is 3.11. The molecule has 0 amide bonds. The maximum atomic E-state index is 3.68.